The van der Waals surface area contributed by atoms with Crippen LogP contribution in [0.1, 0.15) is 25.7 Å². The van der Waals surface area contributed by atoms with Crippen LogP contribution >= 0.6 is 11.8 Å². The van der Waals surface area contributed by atoms with Gasteiger partial charge in [-0.2, -0.15) is 0 Å². The van der Waals surface area contributed by atoms with E-state index in [9.17, 15) is 4.79 Å². The summed E-state index contributed by atoms with van der Waals surface area (Å²) in [6.07, 6.45) is 4.91. The molecule has 2 atom stereocenters. The Bertz CT molecular complexity index is 204. The predicted molar refractivity (Wildman–Crippen MR) is 57.5 cm³/mol. The van der Waals surface area contributed by atoms with Crippen LogP contribution in [0.25, 0.3) is 0 Å². The van der Waals surface area contributed by atoms with Crippen molar-refractivity contribution >= 4 is 16.9 Å². The van der Waals surface area contributed by atoms with Crippen LogP contribution in [0.15, 0.2) is 0 Å². The summed E-state index contributed by atoms with van der Waals surface area (Å²) in [5.74, 6) is 0.974. The van der Waals surface area contributed by atoms with E-state index in [1.54, 1.807) is 0 Å². The maximum Gasteiger partial charge on any atom is 0.205 e. The van der Waals surface area contributed by atoms with E-state index in [4.69, 9.17) is 4.74 Å². The Balaban J connectivity index is 1.68. The molecule has 0 amide bonds. The normalized spacial score (nSPS) is 33.6. The minimum atomic E-state index is 0.0885. The van der Waals surface area contributed by atoms with Crippen LogP contribution in [0.4, 0.5) is 0 Å². The summed E-state index contributed by atoms with van der Waals surface area (Å²) in [6, 6.07) is 0.0885. The van der Waals surface area contributed by atoms with Gasteiger partial charge in [-0.05, 0) is 25.7 Å². The summed E-state index contributed by atoms with van der Waals surface area (Å²) in [6.45, 7) is 1.73. The summed E-state index contributed by atoms with van der Waals surface area (Å²) in [7, 11) is 0. The summed E-state index contributed by atoms with van der Waals surface area (Å²) in [5.41, 5.74) is 0. The Hall–Kier alpha value is -0.0600. The molecular weight excluding hydrogens is 198 g/mol. The van der Waals surface area contributed by atoms with Gasteiger partial charge in [-0.1, -0.05) is 11.8 Å². The third-order valence-electron chi connectivity index (χ3n) is 2.80. The van der Waals surface area contributed by atoms with Gasteiger partial charge in [0.05, 0.1) is 12.1 Å². The van der Waals surface area contributed by atoms with Gasteiger partial charge >= 0.3 is 0 Å². The third kappa shape index (κ3) is 2.72. The number of carbonyl (C=O) groups is 1. The molecule has 80 valence electrons. The molecule has 2 saturated heterocycles. The van der Waals surface area contributed by atoms with Crippen LogP contribution in [-0.2, 0) is 9.53 Å². The van der Waals surface area contributed by atoms with Gasteiger partial charge in [-0.25, -0.2) is 0 Å². The van der Waals surface area contributed by atoms with Gasteiger partial charge in [0.1, 0.15) is 0 Å². The molecular formula is C10H17NO2S. The lowest BCUT2D eigenvalue weighted by Gasteiger charge is -2.23. The zero-order valence-electron chi connectivity index (χ0n) is 8.33. The fraction of sp³-hybridized carbons (Fsp3) is 0.900. The average Bonchev–Trinajstić information content (AvgIpc) is 2.63. The number of hydrogen-bond donors (Lipinski definition) is 1. The van der Waals surface area contributed by atoms with E-state index in [1.165, 1.54) is 24.6 Å². The maximum absolute atomic E-state index is 11.3. The van der Waals surface area contributed by atoms with Crippen LogP contribution in [-0.4, -0.2) is 36.2 Å². The summed E-state index contributed by atoms with van der Waals surface area (Å²) in [4.78, 5) is 11.3. The molecule has 0 bridgehead atoms. The van der Waals surface area contributed by atoms with Crippen LogP contribution in [0, 0.1) is 0 Å². The molecule has 0 aromatic carbocycles. The van der Waals surface area contributed by atoms with Crippen LogP contribution < -0.4 is 5.32 Å². The minimum Gasteiger partial charge on any atom is -0.377 e. The lowest BCUT2D eigenvalue weighted by atomic mass is 10.1. The fourth-order valence-electron chi connectivity index (χ4n) is 1.92. The molecule has 1 N–H and O–H groups in total. The van der Waals surface area contributed by atoms with E-state index < -0.39 is 0 Å². The molecule has 0 radical (unpaired) electrons. The molecule has 2 aliphatic rings. The Labute approximate surface area is 89.0 Å². The smallest absolute Gasteiger partial charge is 0.205 e. The van der Waals surface area contributed by atoms with Gasteiger partial charge in [-0.3, -0.25) is 4.79 Å². The quantitative estimate of drug-likeness (QED) is 0.767. The van der Waals surface area contributed by atoms with Crippen LogP contribution in [0.5, 0.6) is 0 Å². The van der Waals surface area contributed by atoms with Crippen molar-refractivity contribution in [3.63, 3.8) is 0 Å². The van der Waals surface area contributed by atoms with Gasteiger partial charge < -0.3 is 10.1 Å². The zero-order chi connectivity index (χ0) is 9.80. The van der Waals surface area contributed by atoms with E-state index in [-0.39, 0.29) is 6.04 Å². The molecule has 0 saturated carbocycles. The highest BCUT2D eigenvalue weighted by Crippen LogP contribution is 2.20. The Morgan fingerprint density at radius 3 is 3.00 bits per heavy atom. The summed E-state index contributed by atoms with van der Waals surface area (Å²) >= 11 is 1.45. The Morgan fingerprint density at radius 2 is 2.36 bits per heavy atom. The molecule has 3 nitrogen and oxygen atoms in total. The second-order valence-corrected chi connectivity index (χ2v) is 5.00. The minimum absolute atomic E-state index is 0.0885. The van der Waals surface area contributed by atoms with Crippen molar-refractivity contribution in [2.75, 3.05) is 18.9 Å². The monoisotopic (exact) mass is 215 g/mol. The first-order valence-electron chi connectivity index (χ1n) is 5.38. The van der Waals surface area contributed by atoms with Crippen molar-refractivity contribution in [3.8, 4) is 0 Å². The maximum atomic E-state index is 11.3. The largest absolute Gasteiger partial charge is 0.377 e. The van der Waals surface area contributed by atoms with Gasteiger partial charge in [0.2, 0.25) is 5.12 Å². The van der Waals surface area contributed by atoms with Crippen LogP contribution in [0.3, 0.4) is 0 Å². The molecule has 2 fully saturated rings. The van der Waals surface area contributed by atoms with Crippen LogP contribution in [0.2, 0.25) is 0 Å². The Kier molecular flexibility index (Phi) is 3.84. The zero-order valence-corrected chi connectivity index (χ0v) is 9.15. The molecule has 2 aliphatic heterocycles. The first-order chi connectivity index (χ1) is 6.86. The number of carbonyl (C=O) groups excluding carboxylic acids is 1. The van der Waals surface area contributed by atoms with Crippen molar-refractivity contribution in [1.82, 2.24) is 5.32 Å². The number of ether oxygens (including phenoxy) is 1. The predicted octanol–water partition coefficient (Wildman–Crippen LogP) is 1.18. The third-order valence-corrected chi connectivity index (χ3v) is 3.81. The standard InChI is InChI=1S/C10H17NO2S/c12-10-9(4-6-14-10)11-7-8-3-1-2-5-13-8/h8-9,11H,1-7H2. The number of nitrogens with one attached hydrogen (secondary N) is 1. The molecule has 2 unspecified atom stereocenters. The Morgan fingerprint density at radius 1 is 1.43 bits per heavy atom. The van der Waals surface area contributed by atoms with Crippen molar-refractivity contribution < 1.29 is 9.53 Å². The van der Waals surface area contributed by atoms with Crippen molar-refractivity contribution in [2.24, 2.45) is 0 Å². The second-order valence-electron chi connectivity index (χ2n) is 3.91. The lowest BCUT2D eigenvalue weighted by molar-refractivity contribution is -0.112. The number of rotatable bonds is 3. The van der Waals surface area contributed by atoms with E-state index in [1.807, 2.05) is 0 Å². The van der Waals surface area contributed by atoms with Gasteiger partial charge in [0, 0.05) is 18.9 Å². The average molecular weight is 215 g/mol. The molecule has 2 rings (SSSR count). The first kappa shape index (κ1) is 10.5. The molecule has 14 heavy (non-hydrogen) atoms. The topological polar surface area (TPSA) is 38.3 Å². The molecule has 0 aromatic heterocycles. The van der Waals surface area contributed by atoms with Crippen molar-refractivity contribution in [3.05, 3.63) is 0 Å². The molecule has 0 aromatic rings. The second kappa shape index (κ2) is 5.14. The number of thioether (sulfide) groups is 1. The van der Waals surface area contributed by atoms with Gasteiger partial charge in [0.15, 0.2) is 0 Å². The van der Waals surface area contributed by atoms with Crippen molar-refractivity contribution in [1.29, 1.82) is 0 Å². The van der Waals surface area contributed by atoms with E-state index in [0.29, 0.717) is 11.2 Å². The van der Waals surface area contributed by atoms with Gasteiger partial charge in [0.25, 0.3) is 0 Å². The summed E-state index contributed by atoms with van der Waals surface area (Å²) in [5, 5.41) is 3.61. The molecule has 0 spiro atoms. The van der Waals surface area contributed by atoms with Crippen molar-refractivity contribution in [2.45, 2.75) is 37.8 Å². The van der Waals surface area contributed by atoms with E-state index in [0.717, 1.165) is 31.7 Å². The highest BCUT2D eigenvalue weighted by atomic mass is 32.2. The number of hydrogen-bond acceptors (Lipinski definition) is 4. The fourth-order valence-corrected chi connectivity index (χ4v) is 2.88. The highest BCUT2D eigenvalue weighted by Gasteiger charge is 2.25. The lowest BCUT2D eigenvalue weighted by Crippen LogP contribution is -2.39. The molecule has 4 heteroatoms. The van der Waals surface area contributed by atoms with Gasteiger partial charge in [-0.15, -0.1) is 0 Å². The van der Waals surface area contributed by atoms with E-state index >= 15 is 0 Å². The highest BCUT2D eigenvalue weighted by molar-refractivity contribution is 8.14. The molecule has 0 aliphatic carbocycles. The summed E-state index contributed by atoms with van der Waals surface area (Å²) < 4.78 is 5.59. The van der Waals surface area contributed by atoms with E-state index in [2.05, 4.69) is 5.32 Å². The first-order valence-corrected chi connectivity index (χ1v) is 6.36. The molecule has 2 heterocycles. The SMILES string of the molecule is O=C1SCCC1NCC1CCCCO1.